The first-order valence-electron chi connectivity index (χ1n) is 3.68. The quantitative estimate of drug-likeness (QED) is 0.672. The number of alkyl halides is 1. The zero-order chi connectivity index (χ0) is 8.27. The van der Waals surface area contributed by atoms with E-state index in [1.807, 2.05) is 0 Å². The SMILES string of the molecule is O=C(O)[C@H](F)C[C@H]1CCCO1. The minimum absolute atomic E-state index is 0.00463. The van der Waals surface area contributed by atoms with Gasteiger partial charge in [-0.3, -0.25) is 0 Å². The third-order valence-electron chi connectivity index (χ3n) is 1.76. The van der Waals surface area contributed by atoms with Gasteiger partial charge < -0.3 is 9.84 Å². The van der Waals surface area contributed by atoms with Gasteiger partial charge in [-0.1, -0.05) is 0 Å². The van der Waals surface area contributed by atoms with Crippen LogP contribution >= 0.6 is 0 Å². The monoisotopic (exact) mass is 162 g/mol. The first-order chi connectivity index (χ1) is 5.20. The Bertz CT molecular complexity index is 143. The molecule has 0 unspecified atom stereocenters. The van der Waals surface area contributed by atoms with Crippen molar-refractivity contribution in [2.45, 2.75) is 31.5 Å². The Morgan fingerprint density at radius 1 is 1.82 bits per heavy atom. The van der Waals surface area contributed by atoms with E-state index in [-0.39, 0.29) is 12.5 Å². The molecule has 1 N–H and O–H groups in total. The topological polar surface area (TPSA) is 46.5 Å². The highest BCUT2D eigenvalue weighted by Gasteiger charge is 2.24. The molecule has 0 radical (unpaired) electrons. The zero-order valence-corrected chi connectivity index (χ0v) is 6.12. The molecule has 1 fully saturated rings. The summed E-state index contributed by atoms with van der Waals surface area (Å²) in [5.74, 6) is -1.39. The highest BCUT2D eigenvalue weighted by molar-refractivity contribution is 5.72. The average Bonchev–Trinajstić information content (AvgIpc) is 2.39. The van der Waals surface area contributed by atoms with Gasteiger partial charge in [-0.25, -0.2) is 9.18 Å². The van der Waals surface area contributed by atoms with Crippen molar-refractivity contribution in [2.75, 3.05) is 6.61 Å². The molecule has 0 amide bonds. The second kappa shape index (κ2) is 3.67. The normalized spacial score (nSPS) is 26.8. The highest BCUT2D eigenvalue weighted by Crippen LogP contribution is 2.18. The number of halogens is 1. The molecule has 0 aromatic heterocycles. The molecule has 1 aliphatic heterocycles. The van der Waals surface area contributed by atoms with E-state index in [1.54, 1.807) is 0 Å². The van der Waals surface area contributed by atoms with Gasteiger partial charge in [0.2, 0.25) is 0 Å². The molecule has 4 heteroatoms. The molecular weight excluding hydrogens is 151 g/mol. The van der Waals surface area contributed by atoms with E-state index < -0.39 is 12.1 Å². The Kier molecular flexibility index (Phi) is 2.82. The molecule has 3 nitrogen and oxygen atoms in total. The van der Waals surface area contributed by atoms with Crippen LogP contribution in [0.1, 0.15) is 19.3 Å². The Morgan fingerprint density at radius 3 is 3.00 bits per heavy atom. The lowest BCUT2D eigenvalue weighted by Gasteiger charge is -2.09. The van der Waals surface area contributed by atoms with Crippen LogP contribution in [-0.2, 0) is 9.53 Å². The molecule has 1 heterocycles. The summed E-state index contributed by atoms with van der Waals surface area (Å²) in [4.78, 5) is 10.1. The molecule has 0 bridgehead atoms. The van der Waals surface area contributed by atoms with E-state index in [0.29, 0.717) is 6.61 Å². The number of hydrogen-bond acceptors (Lipinski definition) is 2. The molecule has 64 valence electrons. The lowest BCUT2D eigenvalue weighted by molar-refractivity contribution is -0.144. The maximum absolute atomic E-state index is 12.5. The Balaban J connectivity index is 2.23. The molecule has 0 spiro atoms. The van der Waals surface area contributed by atoms with E-state index in [2.05, 4.69) is 0 Å². The standard InChI is InChI=1S/C7H11FO3/c8-6(7(9)10)4-5-2-1-3-11-5/h5-6H,1-4H2,(H,9,10)/t5-,6-/m1/s1. The maximum atomic E-state index is 12.5. The number of ether oxygens (including phenoxy) is 1. The first kappa shape index (κ1) is 8.46. The van der Waals surface area contributed by atoms with Crippen molar-refractivity contribution in [2.24, 2.45) is 0 Å². The second-order valence-electron chi connectivity index (χ2n) is 2.68. The van der Waals surface area contributed by atoms with Gasteiger partial charge in [0.05, 0.1) is 6.10 Å². The molecule has 0 saturated carbocycles. The van der Waals surface area contributed by atoms with Crippen LogP contribution < -0.4 is 0 Å². The van der Waals surface area contributed by atoms with Crippen molar-refractivity contribution in [1.82, 2.24) is 0 Å². The van der Waals surface area contributed by atoms with Gasteiger partial charge >= 0.3 is 5.97 Å². The number of carboxylic acids is 1. The second-order valence-corrected chi connectivity index (χ2v) is 2.68. The van der Waals surface area contributed by atoms with Crippen LogP contribution in [0.2, 0.25) is 0 Å². The molecule has 1 aliphatic rings. The van der Waals surface area contributed by atoms with Crippen LogP contribution in [0.5, 0.6) is 0 Å². The van der Waals surface area contributed by atoms with Gasteiger partial charge in [0.15, 0.2) is 6.17 Å². The minimum atomic E-state index is -1.77. The largest absolute Gasteiger partial charge is 0.479 e. The van der Waals surface area contributed by atoms with Gasteiger partial charge in [-0.2, -0.15) is 0 Å². The lowest BCUT2D eigenvalue weighted by Crippen LogP contribution is -2.21. The number of aliphatic carboxylic acids is 1. The predicted octanol–water partition coefficient (Wildman–Crippen LogP) is 0.978. The number of hydrogen-bond donors (Lipinski definition) is 1. The average molecular weight is 162 g/mol. The Labute approximate surface area is 64.2 Å². The Morgan fingerprint density at radius 2 is 2.55 bits per heavy atom. The van der Waals surface area contributed by atoms with Crippen molar-refractivity contribution < 1.29 is 19.0 Å². The fourth-order valence-electron chi connectivity index (χ4n) is 1.16. The van der Waals surface area contributed by atoms with Crippen molar-refractivity contribution in [1.29, 1.82) is 0 Å². The van der Waals surface area contributed by atoms with Gasteiger partial charge in [-0.15, -0.1) is 0 Å². The summed E-state index contributed by atoms with van der Waals surface area (Å²) in [5, 5.41) is 8.21. The summed E-state index contributed by atoms with van der Waals surface area (Å²) in [6.07, 6.45) is -0.251. The van der Waals surface area contributed by atoms with Crippen LogP contribution in [0.15, 0.2) is 0 Å². The third-order valence-corrected chi connectivity index (χ3v) is 1.76. The fraction of sp³-hybridized carbons (Fsp3) is 0.857. The summed E-state index contributed by atoms with van der Waals surface area (Å²) in [7, 11) is 0. The van der Waals surface area contributed by atoms with E-state index in [9.17, 15) is 9.18 Å². The van der Waals surface area contributed by atoms with Crippen molar-refractivity contribution >= 4 is 5.97 Å². The van der Waals surface area contributed by atoms with Gasteiger partial charge in [0.25, 0.3) is 0 Å². The smallest absolute Gasteiger partial charge is 0.338 e. The summed E-state index contributed by atoms with van der Waals surface area (Å²) < 4.78 is 17.6. The lowest BCUT2D eigenvalue weighted by atomic mass is 10.1. The van der Waals surface area contributed by atoms with Gasteiger partial charge in [0.1, 0.15) is 0 Å². The predicted molar refractivity (Wildman–Crippen MR) is 36.1 cm³/mol. The minimum Gasteiger partial charge on any atom is -0.479 e. The van der Waals surface area contributed by atoms with Crippen molar-refractivity contribution in [3.63, 3.8) is 0 Å². The van der Waals surface area contributed by atoms with Crippen molar-refractivity contribution in [3.05, 3.63) is 0 Å². The van der Waals surface area contributed by atoms with E-state index in [0.717, 1.165) is 12.8 Å². The molecule has 0 aromatic rings. The summed E-state index contributed by atoms with van der Waals surface area (Å²) in [5.41, 5.74) is 0. The molecule has 11 heavy (non-hydrogen) atoms. The molecular formula is C7H11FO3. The molecule has 2 atom stereocenters. The van der Waals surface area contributed by atoms with Crippen LogP contribution in [0.4, 0.5) is 4.39 Å². The van der Waals surface area contributed by atoms with Crippen LogP contribution in [0.3, 0.4) is 0 Å². The number of carbonyl (C=O) groups is 1. The first-order valence-corrected chi connectivity index (χ1v) is 3.68. The summed E-state index contributed by atoms with van der Waals surface area (Å²) in [6.45, 7) is 0.636. The van der Waals surface area contributed by atoms with E-state index >= 15 is 0 Å². The maximum Gasteiger partial charge on any atom is 0.338 e. The molecule has 0 aromatic carbocycles. The van der Waals surface area contributed by atoms with Crippen LogP contribution in [0.25, 0.3) is 0 Å². The highest BCUT2D eigenvalue weighted by atomic mass is 19.1. The number of rotatable bonds is 3. The van der Waals surface area contributed by atoms with Crippen LogP contribution in [-0.4, -0.2) is 30.0 Å². The molecule has 0 aliphatic carbocycles. The fourth-order valence-corrected chi connectivity index (χ4v) is 1.16. The summed E-state index contributed by atoms with van der Waals surface area (Å²) >= 11 is 0. The van der Waals surface area contributed by atoms with Crippen molar-refractivity contribution in [3.8, 4) is 0 Å². The van der Waals surface area contributed by atoms with Crippen LogP contribution in [0, 0.1) is 0 Å². The molecule has 1 rings (SSSR count). The third kappa shape index (κ3) is 2.46. The zero-order valence-electron chi connectivity index (χ0n) is 6.12. The van der Waals surface area contributed by atoms with E-state index in [4.69, 9.17) is 9.84 Å². The van der Waals surface area contributed by atoms with Gasteiger partial charge in [0, 0.05) is 13.0 Å². The number of carboxylic acid groups (broad SMARTS) is 1. The molecule has 1 saturated heterocycles. The van der Waals surface area contributed by atoms with E-state index in [1.165, 1.54) is 0 Å². The summed E-state index contributed by atoms with van der Waals surface area (Å²) in [6, 6.07) is 0. The Hall–Kier alpha value is -0.640. The van der Waals surface area contributed by atoms with Gasteiger partial charge in [-0.05, 0) is 12.8 Å².